The van der Waals surface area contributed by atoms with Gasteiger partial charge >= 0.3 is 0 Å². The molecule has 7 aromatic rings. The Labute approximate surface area is 255 Å². The summed E-state index contributed by atoms with van der Waals surface area (Å²) in [6, 6.07) is 45.6. The van der Waals surface area contributed by atoms with Crippen LogP contribution >= 0.6 is 0 Å². The number of aryl methyl sites for hydroxylation is 3. The van der Waals surface area contributed by atoms with Crippen LogP contribution in [-0.4, -0.2) is 0 Å². The van der Waals surface area contributed by atoms with Gasteiger partial charge in [-0.1, -0.05) is 136 Å². The van der Waals surface area contributed by atoms with Crippen LogP contribution in [0.15, 0.2) is 121 Å². The summed E-state index contributed by atoms with van der Waals surface area (Å²) in [5.74, 6) is 0. The van der Waals surface area contributed by atoms with Crippen molar-refractivity contribution >= 4 is 32.3 Å². The first kappa shape index (κ1) is 27.2. The van der Waals surface area contributed by atoms with Gasteiger partial charge in [0, 0.05) is 0 Å². The standard InChI is InChI=1S/C43H38/c1-27-16-21-35-37(22-27)42(40-26-33-15-11-10-14-32(33)25-36(40)30-12-8-7-9-13-30)39-24-29(3)28(2)23-38(39)41(35)31-17-19-34(20-18-31)43(4,5)6/h7-26H,1-6H3. The van der Waals surface area contributed by atoms with E-state index in [9.17, 15) is 0 Å². The molecule has 0 aromatic heterocycles. The van der Waals surface area contributed by atoms with E-state index in [1.165, 1.54) is 88.0 Å². The second-order valence-electron chi connectivity index (χ2n) is 13.2. The van der Waals surface area contributed by atoms with Gasteiger partial charge in [0.25, 0.3) is 0 Å². The smallest absolute Gasteiger partial charge is 0.00197 e. The van der Waals surface area contributed by atoms with Gasteiger partial charge in [-0.3, -0.25) is 0 Å². The van der Waals surface area contributed by atoms with Gasteiger partial charge in [0.1, 0.15) is 0 Å². The van der Waals surface area contributed by atoms with Crippen molar-refractivity contribution in [2.24, 2.45) is 0 Å². The predicted molar refractivity (Wildman–Crippen MR) is 188 cm³/mol. The number of fused-ring (bicyclic) bond motifs is 3. The maximum Gasteiger partial charge on any atom is -0.00197 e. The Bertz CT molecular complexity index is 2150. The molecule has 7 rings (SSSR count). The molecule has 210 valence electrons. The van der Waals surface area contributed by atoms with Crippen molar-refractivity contribution in [3.63, 3.8) is 0 Å². The van der Waals surface area contributed by atoms with Crippen LogP contribution < -0.4 is 0 Å². The first-order chi connectivity index (χ1) is 20.7. The first-order valence-electron chi connectivity index (χ1n) is 15.4. The fourth-order valence-electron chi connectivity index (χ4n) is 6.64. The molecular weight excluding hydrogens is 516 g/mol. The molecule has 0 fully saturated rings. The summed E-state index contributed by atoms with van der Waals surface area (Å²) in [5, 5.41) is 7.74. The average Bonchev–Trinajstić information content (AvgIpc) is 3.00. The molecule has 0 spiro atoms. The van der Waals surface area contributed by atoms with Crippen molar-refractivity contribution in [1.82, 2.24) is 0 Å². The Morgan fingerprint density at radius 2 is 0.977 bits per heavy atom. The minimum atomic E-state index is 0.112. The maximum absolute atomic E-state index is 2.43. The van der Waals surface area contributed by atoms with E-state index in [0.717, 1.165) is 0 Å². The summed E-state index contributed by atoms with van der Waals surface area (Å²) in [6.45, 7) is 13.5. The molecule has 0 saturated heterocycles. The van der Waals surface area contributed by atoms with Crippen molar-refractivity contribution in [3.8, 4) is 33.4 Å². The number of rotatable bonds is 3. The number of benzene rings is 7. The maximum atomic E-state index is 2.43. The van der Waals surface area contributed by atoms with Gasteiger partial charge in [-0.05, 0) is 121 Å². The quantitative estimate of drug-likeness (QED) is 0.191. The van der Waals surface area contributed by atoms with E-state index in [-0.39, 0.29) is 5.41 Å². The summed E-state index contributed by atoms with van der Waals surface area (Å²) in [7, 11) is 0. The SMILES string of the molecule is Cc1ccc2c(-c3ccc(C(C)(C)C)cc3)c3cc(C)c(C)cc3c(-c3cc4ccccc4cc3-c3ccccc3)c2c1. The highest BCUT2D eigenvalue weighted by Gasteiger charge is 2.21. The third-order valence-electron chi connectivity index (χ3n) is 9.17. The average molecular weight is 555 g/mol. The minimum absolute atomic E-state index is 0.112. The van der Waals surface area contributed by atoms with Gasteiger partial charge in [-0.15, -0.1) is 0 Å². The lowest BCUT2D eigenvalue weighted by atomic mass is 9.81. The van der Waals surface area contributed by atoms with Crippen LogP contribution in [0.2, 0.25) is 0 Å². The Balaban J connectivity index is 1.66. The lowest BCUT2D eigenvalue weighted by Gasteiger charge is -2.23. The van der Waals surface area contributed by atoms with Crippen LogP contribution in [0.5, 0.6) is 0 Å². The molecule has 7 aromatic carbocycles. The number of hydrogen-bond donors (Lipinski definition) is 0. The van der Waals surface area contributed by atoms with Crippen LogP contribution in [0.3, 0.4) is 0 Å². The zero-order valence-corrected chi connectivity index (χ0v) is 26.0. The Hall–Kier alpha value is -4.68. The predicted octanol–water partition coefficient (Wildman–Crippen LogP) is 12.4. The van der Waals surface area contributed by atoms with Crippen LogP contribution in [-0.2, 0) is 5.41 Å². The van der Waals surface area contributed by atoms with Crippen LogP contribution in [0, 0.1) is 20.8 Å². The van der Waals surface area contributed by atoms with E-state index < -0.39 is 0 Å². The van der Waals surface area contributed by atoms with E-state index in [4.69, 9.17) is 0 Å². The second kappa shape index (κ2) is 10.2. The zero-order valence-electron chi connectivity index (χ0n) is 26.0. The molecule has 0 bridgehead atoms. The molecule has 0 aliphatic rings. The third kappa shape index (κ3) is 4.72. The van der Waals surface area contributed by atoms with E-state index in [0.29, 0.717) is 0 Å². The van der Waals surface area contributed by atoms with E-state index in [2.05, 4.69) is 163 Å². The van der Waals surface area contributed by atoms with Gasteiger partial charge < -0.3 is 0 Å². The molecule has 0 radical (unpaired) electrons. The van der Waals surface area contributed by atoms with Gasteiger partial charge in [-0.2, -0.15) is 0 Å². The Morgan fingerprint density at radius 1 is 0.419 bits per heavy atom. The molecule has 0 atom stereocenters. The topological polar surface area (TPSA) is 0 Å². The first-order valence-corrected chi connectivity index (χ1v) is 15.4. The molecule has 0 amide bonds. The highest BCUT2D eigenvalue weighted by molar-refractivity contribution is 6.23. The largest absolute Gasteiger partial charge is 0.0622 e. The second-order valence-corrected chi connectivity index (χ2v) is 13.2. The van der Waals surface area contributed by atoms with Crippen LogP contribution in [0.1, 0.15) is 43.0 Å². The van der Waals surface area contributed by atoms with Crippen LogP contribution in [0.4, 0.5) is 0 Å². The van der Waals surface area contributed by atoms with Crippen LogP contribution in [0.25, 0.3) is 65.7 Å². The summed E-state index contributed by atoms with van der Waals surface area (Å²) >= 11 is 0. The monoisotopic (exact) mass is 554 g/mol. The normalized spacial score (nSPS) is 12.0. The number of hydrogen-bond acceptors (Lipinski definition) is 0. The summed E-state index contributed by atoms with van der Waals surface area (Å²) in [4.78, 5) is 0. The van der Waals surface area contributed by atoms with Crippen molar-refractivity contribution in [2.45, 2.75) is 47.0 Å². The Kier molecular flexibility index (Phi) is 6.47. The molecule has 0 nitrogen and oxygen atoms in total. The van der Waals surface area contributed by atoms with Crippen molar-refractivity contribution in [1.29, 1.82) is 0 Å². The molecule has 0 N–H and O–H groups in total. The van der Waals surface area contributed by atoms with E-state index in [1.807, 2.05) is 0 Å². The van der Waals surface area contributed by atoms with Gasteiger partial charge in [-0.25, -0.2) is 0 Å². The molecule has 0 aliphatic heterocycles. The highest BCUT2D eigenvalue weighted by atomic mass is 14.2. The van der Waals surface area contributed by atoms with Gasteiger partial charge in [0.2, 0.25) is 0 Å². The van der Waals surface area contributed by atoms with Gasteiger partial charge in [0.05, 0.1) is 0 Å². The fourth-order valence-corrected chi connectivity index (χ4v) is 6.64. The van der Waals surface area contributed by atoms with Crippen molar-refractivity contribution < 1.29 is 0 Å². The van der Waals surface area contributed by atoms with E-state index >= 15 is 0 Å². The third-order valence-corrected chi connectivity index (χ3v) is 9.17. The Morgan fingerprint density at radius 3 is 1.60 bits per heavy atom. The van der Waals surface area contributed by atoms with Crippen molar-refractivity contribution in [2.75, 3.05) is 0 Å². The lowest BCUT2D eigenvalue weighted by Crippen LogP contribution is -2.10. The molecule has 0 saturated carbocycles. The summed E-state index contributed by atoms with van der Waals surface area (Å²) < 4.78 is 0. The molecule has 0 unspecified atom stereocenters. The summed E-state index contributed by atoms with van der Waals surface area (Å²) in [6.07, 6.45) is 0. The zero-order chi connectivity index (χ0) is 29.9. The molecular formula is C43H38. The molecule has 43 heavy (non-hydrogen) atoms. The molecule has 0 aliphatic carbocycles. The van der Waals surface area contributed by atoms with Gasteiger partial charge in [0.15, 0.2) is 0 Å². The minimum Gasteiger partial charge on any atom is -0.0622 e. The lowest BCUT2D eigenvalue weighted by molar-refractivity contribution is 0.590. The fraction of sp³-hybridized carbons (Fsp3) is 0.163. The van der Waals surface area contributed by atoms with E-state index in [1.54, 1.807) is 0 Å². The molecule has 0 heterocycles. The van der Waals surface area contributed by atoms with Crippen molar-refractivity contribution in [3.05, 3.63) is 144 Å². The highest BCUT2D eigenvalue weighted by Crippen LogP contribution is 2.48. The summed E-state index contributed by atoms with van der Waals surface area (Å²) in [5.41, 5.74) is 13.1. The molecule has 0 heteroatoms.